The Morgan fingerprint density at radius 2 is 1.71 bits per heavy atom. The van der Waals surface area contributed by atoms with Crippen molar-refractivity contribution in [3.8, 4) is 5.75 Å². The highest BCUT2D eigenvalue weighted by molar-refractivity contribution is 14.1. The predicted octanol–water partition coefficient (Wildman–Crippen LogP) is 5.96. The van der Waals surface area contributed by atoms with E-state index in [-0.39, 0.29) is 36.3 Å². The molecule has 1 N–H and O–H groups in total. The number of amides is 1. The number of nitrogens with zero attached hydrogens (tertiary/aromatic N) is 1. The number of halogens is 1. The van der Waals surface area contributed by atoms with Crippen LogP contribution in [-0.4, -0.2) is 56.0 Å². The molecule has 7 heteroatoms. The Morgan fingerprint density at radius 1 is 1.02 bits per heavy atom. The average Bonchev–Trinajstić information content (AvgIpc) is 3.30. The number of aryl methyl sites for hydroxylation is 1. The van der Waals surface area contributed by atoms with Gasteiger partial charge in [-0.05, 0) is 94.3 Å². The molecule has 1 saturated heterocycles. The van der Waals surface area contributed by atoms with E-state index in [2.05, 4.69) is 103 Å². The normalized spacial score (nSPS) is 24.2. The van der Waals surface area contributed by atoms with Crippen LogP contribution in [0, 0.1) is 9.49 Å². The lowest BCUT2D eigenvalue weighted by atomic mass is 9.93. The lowest BCUT2D eigenvalue weighted by Gasteiger charge is -2.39. The van der Waals surface area contributed by atoms with Crippen molar-refractivity contribution in [3.63, 3.8) is 0 Å². The van der Waals surface area contributed by atoms with E-state index in [1.165, 1.54) is 25.4 Å². The van der Waals surface area contributed by atoms with Crippen molar-refractivity contribution in [2.45, 2.75) is 76.0 Å². The first-order valence-corrected chi connectivity index (χ1v) is 18.9. The summed E-state index contributed by atoms with van der Waals surface area (Å²) in [6.07, 6.45) is 2.87. The van der Waals surface area contributed by atoms with Crippen LogP contribution in [0.5, 0.6) is 5.75 Å². The lowest BCUT2D eigenvalue weighted by molar-refractivity contribution is -0.138. The molecular weight excluding hydrogens is 641 g/mol. The first-order valence-electron chi connectivity index (χ1n) is 14.7. The number of rotatable bonds is 9. The smallest absolute Gasteiger partial charge is 0.225 e. The molecule has 2 aliphatic heterocycles. The summed E-state index contributed by atoms with van der Waals surface area (Å²) < 4.78 is 13.6. The highest BCUT2D eigenvalue weighted by atomic mass is 127. The van der Waals surface area contributed by atoms with E-state index >= 15 is 0 Å². The maximum absolute atomic E-state index is 14.0. The summed E-state index contributed by atoms with van der Waals surface area (Å²) in [6.45, 7) is 7.69. The van der Waals surface area contributed by atoms with Crippen molar-refractivity contribution in [2.24, 2.45) is 5.92 Å². The van der Waals surface area contributed by atoms with E-state index in [4.69, 9.17) is 9.47 Å². The molecule has 5 nitrogen and oxygen atoms in total. The number of aliphatic hydroxyl groups is 1. The van der Waals surface area contributed by atoms with Crippen LogP contribution >= 0.6 is 22.6 Å². The summed E-state index contributed by atoms with van der Waals surface area (Å²) in [5.74, 6) is 1.27. The Hall–Kier alpha value is -2.20. The number of aliphatic hydroxyl groups excluding tert-OH is 1. The largest absolute Gasteiger partial charge is 0.497 e. The van der Waals surface area contributed by atoms with Crippen molar-refractivity contribution in [3.05, 3.63) is 93.1 Å². The number of methoxy groups -OCH3 is 1. The Balaban J connectivity index is 1.39. The molecule has 0 unspecified atom stereocenters. The zero-order valence-electron chi connectivity index (χ0n) is 24.6. The van der Waals surface area contributed by atoms with Gasteiger partial charge in [0.15, 0.2) is 0 Å². The SMILES string of the molecule is COc1ccc([Si](C)(C)[C@@H]2[C@@H](C)[C@@H](CCc3ccc(I)cc3)O[C@H]2CC(=O)N2Cc3ccccc3C[C@H]2CO)cc1. The summed E-state index contributed by atoms with van der Waals surface area (Å²) in [5.41, 5.74) is 4.00. The number of carbonyl (C=O) groups is 1. The van der Waals surface area contributed by atoms with Crippen LogP contribution in [-0.2, 0) is 28.9 Å². The third-order valence-electron chi connectivity index (χ3n) is 9.46. The number of fused-ring (bicyclic) bond motifs is 1. The minimum Gasteiger partial charge on any atom is -0.497 e. The van der Waals surface area contributed by atoms with Gasteiger partial charge in [-0.25, -0.2) is 0 Å². The molecule has 0 spiro atoms. The Labute approximate surface area is 259 Å². The Kier molecular flexibility index (Phi) is 9.58. The average molecular weight is 684 g/mol. The number of carbonyl (C=O) groups excluding carboxylic acids is 1. The monoisotopic (exact) mass is 683 g/mol. The van der Waals surface area contributed by atoms with Crippen LogP contribution in [0.1, 0.15) is 36.5 Å². The van der Waals surface area contributed by atoms with Crippen LogP contribution in [0.4, 0.5) is 0 Å². The van der Waals surface area contributed by atoms with E-state index in [0.29, 0.717) is 25.3 Å². The number of ether oxygens (including phenoxy) is 2. The maximum atomic E-state index is 14.0. The molecule has 5 atom stereocenters. The molecule has 0 radical (unpaired) electrons. The summed E-state index contributed by atoms with van der Waals surface area (Å²) in [7, 11) is -0.369. The summed E-state index contributed by atoms with van der Waals surface area (Å²) >= 11 is 2.34. The van der Waals surface area contributed by atoms with Gasteiger partial charge in [-0.3, -0.25) is 4.79 Å². The van der Waals surface area contributed by atoms with E-state index in [9.17, 15) is 9.90 Å². The Morgan fingerprint density at radius 3 is 2.37 bits per heavy atom. The molecule has 5 rings (SSSR count). The molecule has 1 fully saturated rings. The fourth-order valence-corrected chi connectivity index (χ4v) is 11.6. The lowest BCUT2D eigenvalue weighted by Crippen LogP contribution is -2.52. The standard InChI is InChI=1S/C34H42INO4Si/c1-23-31(18-11-24-9-12-27(35)13-10-24)40-32(34(23)41(3,4)30-16-14-29(39-2)15-17-30)20-33(38)36-21-26-8-6-5-7-25(26)19-28(36)22-37/h5-10,12-17,23,28,31-32,34,37H,11,18-22H2,1-4H3/t23-,28-,31+,32-,34+/m0/s1. The number of hydrogen-bond donors (Lipinski definition) is 1. The highest BCUT2D eigenvalue weighted by Gasteiger charge is 2.51. The third kappa shape index (κ3) is 6.58. The van der Waals surface area contributed by atoms with Gasteiger partial charge in [0, 0.05) is 10.1 Å². The molecule has 2 heterocycles. The van der Waals surface area contributed by atoms with Crippen LogP contribution in [0.2, 0.25) is 18.6 Å². The van der Waals surface area contributed by atoms with E-state index in [1.807, 2.05) is 17.0 Å². The molecule has 0 bridgehead atoms. The number of benzene rings is 3. The molecule has 218 valence electrons. The molecule has 3 aromatic rings. The highest BCUT2D eigenvalue weighted by Crippen LogP contribution is 2.46. The Bertz CT molecular complexity index is 1330. The molecule has 41 heavy (non-hydrogen) atoms. The zero-order valence-corrected chi connectivity index (χ0v) is 27.7. The van der Waals surface area contributed by atoms with E-state index in [1.54, 1.807) is 7.11 Å². The molecule has 1 amide bonds. The molecule has 0 saturated carbocycles. The fraction of sp³-hybridized carbons (Fsp3) is 0.441. The topological polar surface area (TPSA) is 59.0 Å². The molecule has 0 aliphatic carbocycles. The van der Waals surface area contributed by atoms with E-state index < -0.39 is 8.07 Å². The van der Waals surface area contributed by atoms with Crippen LogP contribution < -0.4 is 9.92 Å². The number of hydrogen-bond acceptors (Lipinski definition) is 4. The van der Waals surface area contributed by atoms with Gasteiger partial charge < -0.3 is 19.5 Å². The van der Waals surface area contributed by atoms with Crippen LogP contribution in [0.25, 0.3) is 0 Å². The van der Waals surface area contributed by atoms with Gasteiger partial charge in [-0.1, -0.05) is 73.7 Å². The molecule has 3 aromatic carbocycles. The van der Waals surface area contributed by atoms with E-state index in [0.717, 1.165) is 18.6 Å². The predicted molar refractivity (Wildman–Crippen MR) is 175 cm³/mol. The van der Waals surface area contributed by atoms with Crippen LogP contribution in [0.3, 0.4) is 0 Å². The van der Waals surface area contributed by atoms with Crippen molar-refractivity contribution in [1.82, 2.24) is 4.90 Å². The zero-order chi connectivity index (χ0) is 29.1. The van der Waals surface area contributed by atoms with Crippen LogP contribution in [0.15, 0.2) is 72.8 Å². The fourth-order valence-electron chi connectivity index (χ4n) is 7.14. The molecule has 2 aliphatic rings. The van der Waals surface area contributed by atoms with Gasteiger partial charge >= 0.3 is 0 Å². The van der Waals surface area contributed by atoms with Crippen molar-refractivity contribution >= 4 is 41.8 Å². The molecular formula is C34H42INO4Si. The van der Waals surface area contributed by atoms with Gasteiger partial charge in [0.25, 0.3) is 0 Å². The van der Waals surface area contributed by atoms with Crippen molar-refractivity contribution < 1.29 is 19.4 Å². The summed E-state index contributed by atoms with van der Waals surface area (Å²) in [6, 6.07) is 25.3. The summed E-state index contributed by atoms with van der Waals surface area (Å²) in [4.78, 5) is 15.9. The first kappa shape index (κ1) is 30.3. The van der Waals surface area contributed by atoms with Gasteiger partial charge in [-0.2, -0.15) is 0 Å². The third-order valence-corrected chi connectivity index (χ3v) is 14.6. The first-order chi connectivity index (χ1) is 19.7. The second-order valence-electron chi connectivity index (χ2n) is 12.2. The minimum absolute atomic E-state index is 0.0316. The second-order valence-corrected chi connectivity index (χ2v) is 18.2. The van der Waals surface area contributed by atoms with Gasteiger partial charge in [0.2, 0.25) is 5.91 Å². The van der Waals surface area contributed by atoms with Crippen molar-refractivity contribution in [1.29, 1.82) is 0 Å². The maximum Gasteiger partial charge on any atom is 0.225 e. The minimum atomic E-state index is -2.07. The van der Waals surface area contributed by atoms with Gasteiger partial charge in [0.1, 0.15) is 5.75 Å². The van der Waals surface area contributed by atoms with Gasteiger partial charge in [-0.15, -0.1) is 0 Å². The van der Waals surface area contributed by atoms with Gasteiger partial charge in [0.05, 0.1) is 46.5 Å². The summed E-state index contributed by atoms with van der Waals surface area (Å²) in [5, 5.41) is 11.6. The second kappa shape index (κ2) is 13.0. The van der Waals surface area contributed by atoms with Crippen molar-refractivity contribution in [2.75, 3.05) is 13.7 Å². The molecule has 0 aromatic heterocycles. The quantitative estimate of drug-likeness (QED) is 0.224.